The molecular formula is C12H12BrN3O2S. The Hall–Kier alpha value is -1.60. The zero-order valence-corrected chi connectivity index (χ0v) is 12.5. The standard InChI is InChI=1S/C12H12BrN3O2S/c1-8-2-4-10(5-3-8)16-19(17,18)11-6-9(13)7-15-12(11)14/h2-7,16H,1H3,(H2,14,15). The van der Waals surface area contributed by atoms with Gasteiger partial charge in [0.2, 0.25) is 0 Å². The lowest BCUT2D eigenvalue weighted by Crippen LogP contribution is -2.15. The third-order valence-electron chi connectivity index (χ3n) is 2.44. The molecule has 3 N–H and O–H groups in total. The third kappa shape index (κ3) is 3.24. The molecule has 0 fully saturated rings. The molecule has 5 nitrogen and oxygen atoms in total. The number of pyridine rings is 1. The van der Waals surface area contributed by atoms with Crippen molar-refractivity contribution in [2.24, 2.45) is 0 Å². The quantitative estimate of drug-likeness (QED) is 0.898. The molecule has 0 atom stereocenters. The molecule has 19 heavy (non-hydrogen) atoms. The Balaban J connectivity index is 2.37. The average Bonchev–Trinajstić information content (AvgIpc) is 2.35. The van der Waals surface area contributed by atoms with Crippen LogP contribution in [0.5, 0.6) is 0 Å². The molecule has 2 aromatic rings. The molecule has 0 aliphatic rings. The van der Waals surface area contributed by atoms with E-state index in [0.29, 0.717) is 10.2 Å². The molecule has 0 amide bonds. The van der Waals surface area contributed by atoms with Gasteiger partial charge < -0.3 is 5.73 Å². The summed E-state index contributed by atoms with van der Waals surface area (Å²) in [6.45, 7) is 1.93. The van der Waals surface area contributed by atoms with Gasteiger partial charge in [-0.15, -0.1) is 0 Å². The Labute approximate surface area is 120 Å². The summed E-state index contributed by atoms with van der Waals surface area (Å²) in [4.78, 5) is 3.76. The maximum atomic E-state index is 12.2. The van der Waals surface area contributed by atoms with Gasteiger partial charge >= 0.3 is 0 Å². The predicted octanol–water partition coefficient (Wildman–Crippen LogP) is 2.54. The fraction of sp³-hybridized carbons (Fsp3) is 0.0833. The molecule has 0 unspecified atom stereocenters. The van der Waals surface area contributed by atoms with Crippen LogP contribution in [0.25, 0.3) is 0 Å². The van der Waals surface area contributed by atoms with Crippen molar-refractivity contribution in [2.45, 2.75) is 11.8 Å². The summed E-state index contributed by atoms with van der Waals surface area (Å²) in [6, 6.07) is 8.43. The van der Waals surface area contributed by atoms with Crippen LogP contribution in [0.2, 0.25) is 0 Å². The van der Waals surface area contributed by atoms with Crippen molar-refractivity contribution in [3.05, 3.63) is 46.6 Å². The van der Waals surface area contributed by atoms with Gasteiger partial charge in [0, 0.05) is 16.4 Å². The molecule has 100 valence electrons. The summed E-state index contributed by atoms with van der Waals surface area (Å²) in [5, 5.41) is 0. The van der Waals surface area contributed by atoms with Crippen LogP contribution in [0.15, 0.2) is 45.9 Å². The van der Waals surface area contributed by atoms with Crippen LogP contribution in [0.1, 0.15) is 5.56 Å². The summed E-state index contributed by atoms with van der Waals surface area (Å²) in [6.07, 6.45) is 1.44. The molecule has 0 saturated carbocycles. The SMILES string of the molecule is Cc1ccc(NS(=O)(=O)c2cc(Br)cnc2N)cc1. The van der Waals surface area contributed by atoms with Crippen LogP contribution in [-0.4, -0.2) is 13.4 Å². The highest BCUT2D eigenvalue weighted by molar-refractivity contribution is 9.10. The first kappa shape index (κ1) is 13.8. The lowest BCUT2D eigenvalue weighted by Gasteiger charge is -2.10. The number of aryl methyl sites for hydroxylation is 1. The number of rotatable bonds is 3. The van der Waals surface area contributed by atoms with Gasteiger partial charge in [-0.25, -0.2) is 13.4 Å². The molecule has 0 aliphatic carbocycles. The van der Waals surface area contributed by atoms with Gasteiger partial charge in [-0.2, -0.15) is 0 Å². The van der Waals surface area contributed by atoms with Crippen LogP contribution >= 0.6 is 15.9 Å². The molecule has 0 spiro atoms. The van der Waals surface area contributed by atoms with E-state index < -0.39 is 10.0 Å². The smallest absolute Gasteiger partial charge is 0.265 e. The van der Waals surface area contributed by atoms with Gasteiger partial charge in [0.05, 0.1) is 0 Å². The summed E-state index contributed by atoms with van der Waals surface area (Å²) >= 11 is 3.17. The molecule has 0 saturated heterocycles. The number of nitrogens with two attached hydrogens (primary N) is 1. The number of nitrogens with zero attached hydrogens (tertiary/aromatic N) is 1. The van der Waals surface area contributed by atoms with E-state index in [1.165, 1.54) is 12.3 Å². The maximum Gasteiger partial charge on any atom is 0.265 e. The Bertz CT molecular complexity index is 699. The monoisotopic (exact) mass is 341 g/mol. The van der Waals surface area contributed by atoms with Crippen LogP contribution in [-0.2, 0) is 10.0 Å². The van der Waals surface area contributed by atoms with E-state index in [0.717, 1.165) is 5.56 Å². The van der Waals surface area contributed by atoms with Crippen LogP contribution in [0, 0.1) is 6.92 Å². The zero-order valence-electron chi connectivity index (χ0n) is 10.1. The minimum absolute atomic E-state index is 0.0391. The van der Waals surface area contributed by atoms with Crippen molar-refractivity contribution in [1.29, 1.82) is 0 Å². The summed E-state index contributed by atoms with van der Waals surface area (Å²) in [7, 11) is -3.75. The Morgan fingerprint density at radius 3 is 2.53 bits per heavy atom. The molecule has 7 heteroatoms. The number of nitrogen functional groups attached to an aromatic ring is 1. The zero-order chi connectivity index (χ0) is 14.0. The molecule has 0 bridgehead atoms. The Kier molecular flexibility index (Phi) is 3.77. The van der Waals surface area contributed by atoms with Gasteiger partial charge in [-0.3, -0.25) is 4.72 Å². The first-order chi connectivity index (χ1) is 8.88. The van der Waals surface area contributed by atoms with E-state index >= 15 is 0 Å². The molecule has 1 aromatic heterocycles. The molecular weight excluding hydrogens is 330 g/mol. The number of halogens is 1. The van der Waals surface area contributed by atoms with Gasteiger partial charge in [0.25, 0.3) is 10.0 Å². The second-order valence-electron chi connectivity index (χ2n) is 4.01. The largest absolute Gasteiger partial charge is 0.383 e. The Morgan fingerprint density at radius 2 is 1.89 bits per heavy atom. The lowest BCUT2D eigenvalue weighted by atomic mass is 10.2. The van der Waals surface area contributed by atoms with Gasteiger partial charge in [-0.1, -0.05) is 17.7 Å². The highest BCUT2D eigenvalue weighted by Gasteiger charge is 2.18. The van der Waals surface area contributed by atoms with Crippen molar-refractivity contribution in [3.63, 3.8) is 0 Å². The van der Waals surface area contributed by atoms with Gasteiger partial charge in [0.1, 0.15) is 10.7 Å². The predicted molar refractivity (Wildman–Crippen MR) is 78.3 cm³/mol. The normalized spacial score (nSPS) is 11.3. The summed E-state index contributed by atoms with van der Waals surface area (Å²) in [5.41, 5.74) is 7.13. The van der Waals surface area contributed by atoms with E-state index in [1.807, 2.05) is 19.1 Å². The lowest BCUT2D eigenvalue weighted by molar-refractivity contribution is 0.601. The van der Waals surface area contributed by atoms with Crippen molar-refractivity contribution < 1.29 is 8.42 Å². The highest BCUT2D eigenvalue weighted by Crippen LogP contribution is 2.23. The second-order valence-corrected chi connectivity index (χ2v) is 6.57. The van der Waals surface area contributed by atoms with Crippen molar-refractivity contribution in [1.82, 2.24) is 4.98 Å². The number of sulfonamides is 1. The molecule has 2 rings (SSSR count). The minimum Gasteiger partial charge on any atom is -0.383 e. The number of hydrogen-bond acceptors (Lipinski definition) is 4. The fourth-order valence-electron chi connectivity index (χ4n) is 1.48. The number of nitrogens with one attached hydrogen (secondary N) is 1. The minimum atomic E-state index is -3.75. The fourth-order valence-corrected chi connectivity index (χ4v) is 3.13. The average molecular weight is 342 g/mol. The van der Waals surface area contributed by atoms with Crippen molar-refractivity contribution in [3.8, 4) is 0 Å². The highest BCUT2D eigenvalue weighted by atomic mass is 79.9. The number of hydrogen-bond donors (Lipinski definition) is 2. The van der Waals surface area contributed by atoms with Gasteiger partial charge in [0.15, 0.2) is 0 Å². The maximum absolute atomic E-state index is 12.2. The number of benzene rings is 1. The third-order valence-corrected chi connectivity index (χ3v) is 4.29. The topological polar surface area (TPSA) is 85.1 Å². The van der Waals surface area contributed by atoms with Crippen LogP contribution in [0.3, 0.4) is 0 Å². The van der Waals surface area contributed by atoms with Crippen LogP contribution in [0.4, 0.5) is 11.5 Å². The van der Waals surface area contributed by atoms with E-state index in [-0.39, 0.29) is 10.7 Å². The molecule has 1 heterocycles. The van der Waals surface area contributed by atoms with Gasteiger partial charge in [-0.05, 0) is 41.1 Å². The number of anilines is 2. The van der Waals surface area contributed by atoms with E-state index in [1.54, 1.807) is 12.1 Å². The molecule has 0 aliphatic heterocycles. The number of aromatic nitrogens is 1. The van der Waals surface area contributed by atoms with Crippen molar-refractivity contribution in [2.75, 3.05) is 10.5 Å². The molecule has 1 aromatic carbocycles. The summed E-state index contributed by atoms with van der Waals surface area (Å²) in [5.74, 6) is -0.0391. The van der Waals surface area contributed by atoms with E-state index in [9.17, 15) is 8.42 Å². The second kappa shape index (κ2) is 5.18. The first-order valence-corrected chi connectivity index (χ1v) is 7.66. The summed E-state index contributed by atoms with van der Waals surface area (Å²) < 4.78 is 27.4. The Morgan fingerprint density at radius 1 is 1.26 bits per heavy atom. The molecule has 0 radical (unpaired) electrons. The van der Waals surface area contributed by atoms with E-state index in [2.05, 4.69) is 25.6 Å². The van der Waals surface area contributed by atoms with Crippen LogP contribution < -0.4 is 10.5 Å². The van der Waals surface area contributed by atoms with Crippen molar-refractivity contribution >= 4 is 37.5 Å². The first-order valence-electron chi connectivity index (χ1n) is 5.39. The van der Waals surface area contributed by atoms with E-state index in [4.69, 9.17) is 5.73 Å².